The molecule has 0 spiro atoms. The first-order valence-corrected chi connectivity index (χ1v) is 10.2. The number of benzene rings is 1. The van der Waals surface area contributed by atoms with Crippen LogP contribution in [0.25, 0.3) is 0 Å². The number of alkyl halides is 1. The van der Waals surface area contributed by atoms with Gasteiger partial charge in [-0.1, -0.05) is 28.1 Å². The van der Waals surface area contributed by atoms with Crippen LogP contribution in [0.5, 0.6) is 0 Å². The van der Waals surface area contributed by atoms with Crippen LogP contribution >= 0.6 is 15.9 Å². The third-order valence-electron chi connectivity index (χ3n) is 6.36. The van der Waals surface area contributed by atoms with E-state index in [4.69, 9.17) is 5.73 Å². The molecule has 5 rings (SSSR count). The van der Waals surface area contributed by atoms with Crippen molar-refractivity contribution >= 4 is 33.6 Å². The van der Waals surface area contributed by atoms with E-state index < -0.39 is 6.03 Å². The zero-order chi connectivity index (χ0) is 18.4. The lowest BCUT2D eigenvalue weighted by Crippen LogP contribution is -2.54. The average Bonchev–Trinajstić information content (AvgIpc) is 2.51. The van der Waals surface area contributed by atoms with Gasteiger partial charge in [-0.2, -0.15) is 0 Å². The molecule has 4 aliphatic carbocycles. The largest absolute Gasteiger partial charge is 0.352 e. The third-order valence-corrected chi connectivity index (χ3v) is 7.29. The van der Waals surface area contributed by atoms with Crippen LogP contribution in [-0.2, 0) is 11.3 Å². The number of amides is 3. The number of rotatable bonds is 5. The quantitative estimate of drug-likeness (QED) is 0.631. The number of nitrogens with one attached hydrogen (secondary N) is 2. The van der Waals surface area contributed by atoms with Crippen molar-refractivity contribution in [2.24, 2.45) is 23.0 Å². The monoisotopic (exact) mass is 419 g/mol. The first kappa shape index (κ1) is 17.8. The number of hydrogen-bond acceptors (Lipinski definition) is 2. The van der Waals surface area contributed by atoms with Gasteiger partial charge in [-0.25, -0.2) is 4.79 Å². The van der Waals surface area contributed by atoms with Crippen molar-refractivity contribution in [2.75, 3.05) is 5.32 Å². The minimum absolute atomic E-state index is 0.155. The number of hydrogen-bond donors (Lipinski definition) is 3. The standard InChI is InChI=1S/C20H26BrN3O2/c21-20-8-14-5-15(9-20)7-19(6-14,12-20)10-17(25)23-11-13-1-3-16(4-2-13)24-18(22)26/h1-4,14-15H,5-12H2,(H,23,25)(H3,22,24,26). The Labute approximate surface area is 162 Å². The van der Waals surface area contributed by atoms with E-state index in [1.54, 1.807) is 12.1 Å². The van der Waals surface area contributed by atoms with Gasteiger partial charge in [0.05, 0.1) is 0 Å². The van der Waals surface area contributed by atoms with Crippen LogP contribution in [0.1, 0.15) is 50.5 Å². The summed E-state index contributed by atoms with van der Waals surface area (Å²) in [6.07, 6.45) is 8.18. The Morgan fingerprint density at radius 1 is 1.12 bits per heavy atom. The second kappa shape index (κ2) is 6.55. The van der Waals surface area contributed by atoms with Crippen molar-refractivity contribution in [1.29, 1.82) is 0 Å². The minimum atomic E-state index is -0.578. The highest BCUT2D eigenvalue weighted by Gasteiger charge is 2.57. The Bertz CT molecular complexity index is 704. The number of carbonyl (C=O) groups is 2. The van der Waals surface area contributed by atoms with E-state index in [-0.39, 0.29) is 11.3 Å². The zero-order valence-electron chi connectivity index (χ0n) is 14.9. The summed E-state index contributed by atoms with van der Waals surface area (Å²) in [6, 6.07) is 6.79. The number of urea groups is 1. The van der Waals surface area contributed by atoms with Gasteiger partial charge < -0.3 is 16.4 Å². The molecule has 1 aromatic carbocycles. The summed E-state index contributed by atoms with van der Waals surface area (Å²) < 4.78 is 0.292. The Morgan fingerprint density at radius 2 is 1.77 bits per heavy atom. The molecule has 140 valence electrons. The van der Waals surface area contributed by atoms with Gasteiger partial charge in [-0.3, -0.25) is 4.79 Å². The van der Waals surface area contributed by atoms with Crippen LogP contribution in [0.4, 0.5) is 10.5 Å². The predicted octanol–water partition coefficient (Wildman–Crippen LogP) is 3.92. The molecule has 4 fully saturated rings. The normalized spacial score (nSPS) is 34.5. The van der Waals surface area contributed by atoms with Crippen molar-refractivity contribution in [3.05, 3.63) is 29.8 Å². The molecule has 2 unspecified atom stereocenters. The number of nitrogens with two attached hydrogens (primary N) is 1. The van der Waals surface area contributed by atoms with E-state index in [0.717, 1.165) is 23.8 Å². The van der Waals surface area contributed by atoms with Crippen LogP contribution < -0.4 is 16.4 Å². The van der Waals surface area contributed by atoms with Gasteiger partial charge in [0.15, 0.2) is 0 Å². The van der Waals surface area contributed by atoms with Crippen LogP contribution in [0.15, 0.2) is 24.3 Å². The van der Waals surface area contributed by atoms with Crippen molar-refractivity contribution in [2.45, 2.75) is 55.8 Å². The Morgan fingerprint density at radius 3 is 2.35 bits per heavy atom. The summed E-state index contributed by atoms with van der Waals surface area (Å²) in [5.74, 6) is 1.75. The summed E-state index contributed by atoms with van der Waals surface area (Å²) in [7, 11) is 0. The third kappa shape index (κ3) is 3.75. The fourth-order valence-corrected chi connectivity index (χ4v) is 7.51. The van der Waals surface area contributed by atoms with E-state index >= 15 is 0 Å². The number of anilines is 1. The van der Waals surface area contributed by atoms with Crippen LogP contribution in [0.3, 0.4) is 0 Å². The molecule has 0 heterocycles. The second-order valence-electron chi connectivity index (χ2n) is 8.75. The van der Waals surface area contributed by atoms with Crippen LogP contribution in [0.2, 0.25) is 0 Å². The van der Waals surface area contributed by atoms with Crippen molar-refractivity contribution in [3.8, 4) is 0 Å². The highest BCUT2D eigenvalue weighted by atomic mass is 79.9. The maximum Gasteiger partial charge on any atom is 0.316 e. The molecule has 26 heavy (non-hydrogen) atoms. The van der Waals surface area contributed by atoms with Gasteiger partial charge in [0.25, 0.3) is 0 Å². The number of halogens is 1. The zero-order valence-corrected chi connectivity index (χ0v) is 16.5. The van der Waals surface area contributed by atoms with E-state index in [1.165, 1.54) is 32.1 Å². The van der Waals surface area contributed by atoms with E-state index in [2.05, 4.69) is 26.6 Å². The van der Waals surface area contributed by atoms with Crippen molar-refractivity contribution in [3.63, 3.8) is 0 Å². The van der Waals surface area contributed by atoms with E-state index in [9.17, 15) is 9.59 Å². The summed E-state index contributed by atoms with van der Waals surface area (Å²) in [5.41, 5.74) is 6.97. The molecule has 5 nitrogen and oxygen atoms in total. The smallest absolute Gasteiger partial charge is 0.316 e. The van der Waals surface area contributed by atoms with Gasteiger partial charge in [0.1, 0.15) is 0 Å². The van der Waals surface area contributed by atoms with Gasteiger partial charge in [0.2, 0.25) is 5.91 Å². The Balaban J connectivity index is 1.32. The molecule has 0 aromatic heterocycles. The molecule has 3 amide bonds. The molecule has 1 aromatic rings. The maximum atomic E-state index is 12.6. The molecule has 0 aliphatic heterocycles. The molecular formula is C20H26BrN3O2. The molecule has 0 saturated heterocycles. The summed E-state index contributed by atoms with van der Waals surface area (Å²) in [4.78, 5) is 23.5. The molecular weight excluding hydrogens is 394 g/mol. The summed E-state index contributed by atoms with van der Waals surface area (Å²) in [6.45, 7) is 0.512. The van der Waals surface area contributed by atoms with Gasteiger partial charge >= 0.3 is 6.03 Å². The molecule has 2 atom stereocenters. The maximum absolute atomic E-state index is 12.6. The summed E-state index contributed by atoms with van der Waals surface area (Å²) in [5, 5.41) is 5.61. The highest BCUT2D eigenvalue weighted by Crippen LogP contribution is 2.65. The molecule has 4 N–H and O–H groups in total. The first-order chi connectivity index (χ1) is 12.3. The number of primary amides is 1. The average molecular weight is 420 g/mol. The van der Waals surface area contributed by atoms with Crippen LogP contribution in [-0.4, -0.2) is 16.3 Å². The predicted molar refractivity (Wildman–Crippen MR) is 105 cm³/mol. The fraction of sp³-hybridized carbons (Fsp3) is 0.600. The topological polar surface area (TPSA) is 84.2 Å². The molecule has 4 saturated carbocycles. The number of carbonyl (C=O) groups excluding carboxylic acids is 2. The second-order valence-corrected chi connectivity index (χ2v) is 10.4. The first-order valence-electron chi connectivity index (χ1n) is 9.44. The van der Waals surface area contributed by atoms with Crippen molar-refractivity contribution in [1.82, 2.24) is 5.32 Å². The van der Waals surface area contributed by atoms with Crippen molar-refractivity contribution < 1.29 is 9.59 Å². The minimum Gasteiger partial charge on any atom is -0.352 e. The summed E-state index contributed by atoms with van der Waals surface area (Å²) >= 11 is 4.01. The lowest BCUT2D eigenvalue weighted by Gasteiger charge is -2.60. The van der Waals surface area contributed by atoms with E-state index in [0.29, 0.717) is 23.0 Å². The Hall–Kier alpha value is -1.56. The lowest BCUT2D eigenvalue weighted by atomic mass is 9.48. The Kier molecular flexibility index (Phi) is 4.49. The molecule has 4 aliphatic rings. The molecule has 0 radical (unpaired) electrons. The van der Waals surface area contributed by atoms with Gasteiger partial charge in [0, 0.05) is 23.0 Å². The van der Waals surface area contributed by atoms with Gasteiger partial charge in [-0.15, -0.1) is 0 Å². The van der Waals surface area contributed by atoms with E-state index in [1.807, 2.05) is 12.1 Å². The molecule has 4 bridgehead atoms. The molecule has 6 heteroatoms. The SMILES string of the molecule is NC(=O)Nc1ccc(CNC(=O)CC23CC4CC(CC(Br)(C4)C2)C3)cc1. The van der Waals surface area contributed by atoms with Crippen LogP contribution in [0, 0.1) is 17.3 Å². The lowest BCUT2D eigenvalue weighted by molar-refractivity contribution is -0.128. The highest BCUT2D eigenvalue weighted by molar-refractivity contribution is 9.10. The fourth-order valence-electron chi connectivity index (χ4n) is 5.99. The van der Waals surface area contributed by atoms with Gasteiger partial charge in [-0.05, 0) is 73.5 Å².